The zero-order valence-electron chi connectivity index (χ0n) is 17.1. The van der Waals surface area contributed by atoms with Crippen molar-refractivity contribution in [3.05, 3.63) is 93.7 Å². The van der Waals surface area contributed by atoms with E-state index in [2.05, 4.69) is 5.32 Å². The predicted octanol–water partition coefficient (Wildman–Crippen LogP) is 3.34. The number of halogens is 1. The quantitative estimate of drug-likeness (QED) is 0.690. The number of anilines is 1. The normalized spacial score (nSPS) is 13.5. The molecule has 7 heteroatoms. The number of amides is 2. The van der Waals surface area contributed by atoms with Crippen LogP contribution in [-0.2, 0) is 11.3 Å². The summed E-state index contributed by atoms with van der Waals surface area (Å²) in [6, 6.07) is 14.6. The second kappa shape index (κ2) is 8.55. The van der Waals surface area contributed by atoms with E-state index in [-0.39, 0.29) is 18.0 Å². The number of benzene rings is 2. The Morgan fingerprint density at radius 1 is 1.00 bits per heavy atom. The van der Waals surface area contributed by atoms with E-state index < -0.39 is 17.3 Å². The maximum atomic E-state index is 13.2. The van der Waals surface area contributed by atoms with Gasteiger partial charge in [0.2, 0.25) is 5.91 Å². The molecule has 3 aromatic rings. The standard InChI is InChI=1S/C24H22FN3O3/c1-16-12-14-28(20-10-6-18(25)7-11-20)24(31)22(16)23(30)26-15-17-4-8-19(9-5-17)27-13-2-3-21(27)29/h4-12,14H,2-3,13,15H2,1H3,(H,26,30). The smallest absolute Gasteiger partial charge is 0.268 e. The molecule has 4 rings (SSSR count). The Kier molecular flexibility index (Phi) is 5.66. The van der Waals surface area contributed by atoms with Crippen LogP contribution in [0.4, 0.5) is 10.1 Å². The highest BCUT2D eigenvalue weighted by Gasteiger charge is 2.21. The van der Waals surface area contributed by atoms with Crippen LogP contribution in [0.1, 0.15) is 34.3 Å². The highest BCUT2D eigenvalue weighted by atomic mass is 19.1. The summed E-state index contributed by atoms with van der Waals surface area (Å²) in [5.41, 5.74) is 2.32. The molecule has 158 valence electrons. The third-order valence-corrected chi connectivity index (χ3v) is 5.41. The van der Waals surface area contributed by atoms with Crippen molar-refractivity contribution < 1.29 is 14.0 Å². The van der Waals surface area contributed by atoms with Crippen molar-refractivity contribution in [1.29, 1.82) is 0 Å². The molecule has 0 aliphatic carbocycles. The molecule has 1 saturated heterocycles. The number of carbonyl (C=O) groups excluding carboxylic acids is 2. The van der Waals surface area contributed by atoms with Crippen LogP contribution in [0.25, 0.3) is 5.69 Å². The molecule has 0 atom stereocenters. The number of carbonyl (C=O) groups is 2. The molecule has 1 N–H and O–H groups in total. The number of nitrogens with one attached hydrogen (secondary N) is 1. The second-order valence-electron chi connectivity index (χ2n) is 7.52. The average Bonchev–Trinajstić information content (AvgIpc) is 3.19. The summed E-state index contributed by atoms with van der Waals surface area (Å²) >= 11 is 0. The van der Waals surface area contributed by atoms with Gasteiger partial charge in [-0.25, -0.2) is 4.39 Å². The van der Waals surface area contributed by atoms with Crippen LogP contribution in [0.2, 0.25) is 0 Å². The molecule has 1 fully saturated rings. The summed E-state index contributed by atoms with van der Waals surface area (Å²) in [4.78, 5) is 39.3. The van der Waals surface area contributed by atoms with Gasteiger partial charge in [-0.15, -0.1) is 0 Å². The minimum atomic E-state index is -0.474. The van der Waals surface area contributed by atoms with Crippen LogP contribution >= 0.6 is 0 Å². The Bertz CT molecular complexity index is 1180. The zero-order valence-corrected chi connectivity index (χ0v) is 17.1. The van der Waals surface area contributed by atoms with E-state index in [0.29, 0.717) is 17.7 Å². The number of hydrogen-bond acceptors (Lipinski definition) is 3. The Morgan fingerprint density at radius 2 is 1.68 bits per heavy atom. The van der Waals surface area contributed by atoms with Crippen molar-refractivity contribution >= 4 is 17.5 Å². The van der Waals surface area contributed by atoms with Gasteiger partial charge in [-0.3, -0.25) is 19.0 Å². The van der Waals surface area contributed by atoms with Crippen LogP contribution in [-0.4, -0.2) is 22.9 Å². The van der Waals surface area contributed by atoms with Crippen molar-refractivity contribution in [3.63, 3.8) is 0 Å². The highest BCUT2D eigenvalue weighted by molar-refractivity contribution is 5.96. The summed E-state index contributed by atoms with van der Waals surface area (Å²) in [5.74, 6) is -0.752. The van der Waals surface area contributed by atoms with Gasteiger partial charge in [0.1, 0.15) is 11.4 Å². The monoisotopic (exact) mass is 419 g/mol. The Hall–Kier alpha value is -3.74. The molecule has 0 spiro atoms. The molecule has 6 nitrogen and oxygen atoms in total. The molecule has 2 amide bonds. The maximum Gasteiger partial charge on any atom is 0.268 e. The number of hydrogen-bond donors (Lipinski definition) is 1. The summed E-state index contributed by atoms with van der Waals surface area (Å²) in [7, 11) is 0. The van der Waals surface area contributed by atoms with Crippen molar-refractivity contribution in [2.75, 3.05) is 11.4 Å². The fourth-order valence-corrected chi connectivity index (χ4v) is 3.69. The van der Waals surface area contributed by atoms with Crippen LogP contribution in [0.15, 0.2) is 65.6 Å². The highest BCUT2D eigenvalue weighted by Crippen LogP contribution is 2.21. The van der Waals surface area contributed by atoms with Gasteiger partial charge >= 0.3 is 0 Å². The molecule has 1 aliphatic heterocycles. The van der Waals surface area contributed by atoms with Gasteiger partial charge in [-0.2, -0.15) is 0 Å². The Balaban J connectivity index is 1.50. The van der Waals surface area contributed by atoms with Gasteiger partial charge in [0, 0.05) is 37.1 Å². The summed E-state index contributed by atoms with van der Waals surface area (Å²) in [6.07, 6.45) is 3.01. The van der Waals surface area contributed by atoms with Crippen molar-refractivity contribution in [2.24, 2.45) is 0 Å². The van der Waals surface area contributed by atoms with Crippen molar-refractivity contribution in [2.45, 2.75) is 26.3 Å². The fraction of sp³-hybridized carbons (Fsp3) is 0.208. The van der Waals surface area contributed by atoms with Gasteiger partial charge in [-0.05, 0) is 66.9 Å². The average molecular weight is 419 g/mol. The summed E-state index contributed by atoms with van der Waals surface area (Å²) in [6.45, 7) is 2.67. The minimum absolute atomic E-state index is 0.0473. The topological polar surface area (TPSA) is 71.4 Å². The van der Waals surface area contributed by atoms with E-state index in [9.17, 15) is 18.8 Å². The first-order valence-corrected chi connectivity index (χ1v) is 10.1. The summed E-state index contributed by atoms with van der Waals surface area (Å²) in [5, 5.41) is 2.79. The molecule has 0 radical (unpaired) electrons. The van der Waals surface area contributed by atoms with Gasteiger partial charge in [0.05, 0.1) is 0 Å². The van der Waals surface area contributed by atoms with Crippen molar-refractivity contribution in [1.82, 2.24) is 9.88 Å². The largest absolute Gasteiger partial charge is 0.348 e. The number of pyridine rings is 1. The molecular weight excluding hydrogens is 397 g/mol. The Morgan fingerprint density at radius 3 is 2.32 bits per heavy atom. The minimum Gasteiger partial charge on any atom is -0.348 e. The molecule has 1 aromatic heterocycles. The van der Waals surface area contributed by atoms with Gasteiger partial charge < -0.3 is 10.2 Å². The first kappa shape index (κ1) is 20.5. The maximum absolute atomic E-state index is 13.2. The van der Waals surface area contributed by atoms with Gasteiger partial charge in [-0.1, -0.05) is 12.1 Å². The third kappa shape index (κ3) is 4.26. The molecule has 1 aliphatic rings. The molecule has 31 heavy (non-hydrogen) atoms. The zero-order chi connectivity index (χ0) is 22.0. The molecule has 2 aromatic carbocycles. The van der Waals surface area contributed by atoms with Crippen LogP contribution in [0.5, 0.6) is 0 Å². The van der Waals surface area contributed by atoms with Crippen LogP contribution < -0.4 is 15.8 Å². The molecule has 2 heterocycles. The second-order valence-corrected chi connectivity index (χ2v) is 7.52. The molecular formula is C24H22FN3O3. The van der Waals surface area contributed by atoms with E-state index in [1.54, 1.807) is 24.1 Å². The third-order valence-electron chi connectivity index (χ3n) is 5.41. The lowest BCUT2D eigenvalue weighted by atomic mass is 10.1. The van der Waals surface area contributed by atoms with Gasteiger partial charge in [0.25, 0.3) is 11.5 Å². The Labute approximate surface area is 178 Å². The number of nitrogens with zero attached hydrogens (tertiary/aromatic N) is 2. The SMILES string of the molecule is Cc1ccn(-c2ccc(F)cc2)c(=O)c1C(=O)NCc1ccc(N2CCCC2=O)cc1. The van der Waals surface area contributed by atoms with Gasteiger partial charge in [0.15, 0.2) is 0 Å². The van der Waals surface area contributed by atoms with E-state index in [4.69, 9.17) is 0 Å². The first-order valence-electron chi connectivity index (χ1n) is 10.1. The lowest BCUT2D eigenvalue weighted by Crippen LogP contribution is -2.33. The number of aromatic nitrogens is 1. The van der Waals surface area contributed by atoms with E-state index in [1.807, 2.05) is 24.3 Å². The number of aryl methyl sites for hydroxylation is 1. The fourth-order valence-electron chi connectivity index (χ4n) is 3.69. The predicted molar refractivity (Wildman–Crippen MR) is 116 cm³/mol. The number of rotatable bonds is 5. The van der Waals surface area contributed by atoms with E-state index in [0.717, 1.165) is 24.2 Å². The van der Waals surface area contributed by atoms with E-state index in [1.165, 1.54) is 28.8 Å². The van der Waals surface area contributed by atoms with Crippen molar-refractivity contribution in [3.8, 4) is 5.69 Å². The first-order chi connectivity index (χ1) is 14.9. The lowest BCUT2D eigenvalue weighted by molar-refractivity contribution is -0.117. The molecule has 0 bridgehead atoms. The molecule has 0 unspecified atom stereocenters. The lowest BCUT2D eigenvalue weighted by Gasteiger charge is -2.16. The van der Waals surface area contributed by atoms with Crippen LogP contribution in [0, 0.1) is 12.7 Å². The summed E-state index contributed by atoms with van der Waals surface area (Å²) < 4.78 is 14.5. The molecule has 0 saturated carbocycles. The van der Waals surface area contributed by atoms with E-state index >= 15 is 0 Å². The van der Waals surface area contributed by atoms with Crippen LogP contribution in [0.3, 0.4) is 0 Å².